The molecule has 0 aliphatic carbocycles. The first kappa shape index (κ1) is 16.7. The van der Waals surface area contributed by atoms with Crippen molar-refractivity contribution in [2.75, 3.05) is 13.2 Å². The maximum absolute atomic E-state index is 12.9. The summed E-state index contributed by atoms with van der Waals surface area (Å²) in [6.07, 6.45) is 6.64. The van der Waals surface area contributed by atoms with Crippen LogP contribution in [0.4, 0.5) is 4.39 Å². The van der Waals surface area contributed by atoms with E-state index in [-0.39, 0.29) is 17.5 Å². The fourth-order valence-corrected chi connectivity index (χ4v) is 1.84. The molecule has 0 saturated heterocycles. The summed E-state index contributed by atoms with van der Waals surface area (Å²) in [5.41, 5.74) is 0.675. The van der Waals surface area contributed by atoms with Gasteiger partial charge in [0.25, 0.3) is 0 Å². The van der Waals surface area contributed by atoms with Crippen molar-refractivity contribution < 1.29 is 14.3 Å². The Hall–Kier alpha value is -1.39. The number of amides is 1. The highest BCUT2D eigenvalue weighted by atomic mass is 35.5. The van der Waals surface area contributed by atoms with E-state index in [1.807, 2.05) is 0 Å². The van der Waals surface area contributed by atoms with Gasteiger partial charge in [0, 0.05) is 19.2 Å². The maximum atomic E-state index is 12.9. The highest BCUT2D eigenvalue weighted by molar-refractivity contribution is 6.30. The van der Waals surface area contributed by atoms with E-state index < -0.39 is 5.82 Å². The van der Waals surface area contributed by atoms with Gasteiger partial charge in [-0.2, -0.15) is 0 Å². The normalized spacial score (nSPS) is 10.9. The molecule has 2 N–H and O–H groups in total. The Balaban J connectivity index is 2.27. The molecule has 0 atom stereocenters. The Labute approximate surface area is 123 Å². The molecule has 110 valence electrons. The first-order valence-corrected chi connectivity index (χ1v) is 7.03. The molecule has 0 spiro atoms. The molecule has 0 unspecified atom stereocenters. The number of aliphatic hydroxyl groups is 1. The summed E-state index contributed by atoms with van der Waals surface area (Å²) < 4.78 is 12.9. The summed E-state index contributed by atoms with van der Waals surface area (Å²) in [5.74, 6) is -0.663. The lowest BCUT2D eigenvalue weighted by atomic mass is 10.2. The van der Waals surface area contributed by atoms with E-state index in [1.165, 1.54) is 18.2 Å². The average Bonchev–Trinajstić information content (AvgIpc) is 2.44. The number of nitrogens with one attached hydrogen (secondary N) is 1. The van der Waals surface area contributed by atoms with E-state index in [0.717, 1.165) is 25.7 Å². The number of carbonyl (C=O) groups is 1. The van der Waals surface area contributed by atoms with Gasteiger partial charge in [-0.25, -0.2) is 4.39 Å². The summed E-state index contributed by atoms with van der Waals surface area (Å²) in [6.45, 7) is 0.827. The summed E-state index contributed by atoms with van der Waals surface area (Å²) in [4.78, 5) is 11.5. The number of rotatable bonds is 8. The molecule has 0 bridgehead atoms. The van der Waals surface area contributed by atoms with Crippen molar-refractivity contribution in [1.29, 1.82) is 0 Å². The summed E-state index contributed by atoms with van der Waals surface area (Å²) in [5, 5.41) is 11.4. The van der Waals surface area contributed by atoms with E-state index >= 15 is 0 Å². The molecule has 1 rings (SSSR count). The first-order valence-electron chi connectivity index (χ1n) is 6.65. The van der Waals surface area contributed by atoms with E-state index in [0.29, 0.717) is 12.1 Å². The van der Waals surface area contributed by atoms with Gasteiger partial charge in [-0.3, -0.25) is 4.79 Å². The predicted octanol–water partition coefficient (Wildman–Crippen LogP) is 3.16. The van der Waals surface area contributed by atoms with Crippen LogP contribution in [-0.2, 0) is 4.79 Å². The number of carbonyl (C=O) groups excluding carboxylic acids is 1. The van der Waals surface area contributed by atoms with Gasteiger partial charge >= 0.3 is 0 Å². The third kappa shape index (κ3) is 6.68. The summed E-state index contributed by atoms with van der Waals surface area (Å²) >= 11 is 5.65. The largest absolute Gasteiger partial charge is 0.396 e. The van der Waals surface area contributed by atoms with Gasteiger partial charge in [0.05, 0.1) is 5.02 Å². The lowest BCUT2D eigenvalue weighted by Gasteiger charge is -2.02. The van der Waals surface area contributed by atoms with Crippen LogP contribution >= 0.6 is 11.6 Å². The molecule has 0 aromatic heterocycles. The van der Waals surface area contributed by atoms with E-state index in [9.17, 15) is 9.18 Å². The molecule has 1 aromatic carbocycles. The van der Waals surface area contributed by atoms with E-state index in [1.54, 1.807) is 12.1 Å². The number of benzene rings is 1. The van der Waals surface area contributed by atoms with Crippen LogP contribution in [0.3, 0.4) is 0 Å². The molecule has 0 radical (unpaired) electrons. The number of hydrogen-bond acceptors (Lipinski definition) is 2. The second-order valence-electron chi connectivity index (χ2n) is 4.44. The molecule has 5 heteroatoms. The third-order valence-corrected chi connectivity index (χ3v) is 3.04. The molecule has 20 heavy (non-hydrogen) atoms. The highest BCUT2D eigenvalue weighted by Crippen LogP contribution is 2.16. The minimum atomic E-state index is -0.476. The van der Waals surface area contributed by atoms with Crippen LogP contribution in [0.2, 0.25) is 5.02 Å². The first-order chi connectivity index (χ1) is 9.63. The Kier molecular flexibility index (Phi) is 7.92. The van der Waals surface area contributed by atoms with E-state index in [2.05, 4.69) is 5.32 Å². The van der Waals surface area contributed by atoms with Crippen LogP contribution in [0.15, 0.2) is 24.3 Å². The molecular weight excluding hydrogens is 281 g/mol. The molecule has 3 nitrogen and oxygen atoms in total. The number of aliphatic hydroxyl groups excluding tert-OH is 1. The Morgan fingerprint density at radius 1 is 1.30 bits per heavy atom. The summed E-state index contributed by atoms with van der Waals surface area (Å²) in [7, 11) is 0. The van der Waals surface area contributed by atoms with Gasteiger partial charge in [0.1, 0.15) is 5.82 Å². The van der Waals surface area contributed by atoms with Crippen LogP contribution in [0.5, 0.6) is 0 Å². The quantitative estimate of drug-likeness (QED) is 0.572. The van der Waals surface area contributed by atoms with Gasteiger partial charge in [-0.05, 0) is 36.6 Å². The smallest absolute Gasteiger partial charge is 0.243 e. The lowest BCUT2D eigenvalue weighted by molar-refractivity contribution is -0.116. The maximum Gasteiger partial charge on any atom is 0.243 e. The fourth-order valence-electron chi connectivity index (χ4n) is 1.65. The van der Waals surface area contributed by atoms with Gasteiger partial charge in [0.2, 0.25) is 5.91 Å². The zero-order valence-electron chi connectivity index (χ0n) is 11.2. The third-order valence-electron chi connectivity index (χ3n) is 2.75. The van der Waals surface area contributed by atoms with Crippen LogP contribution in [0.1, 0.15) is 31.2 Å². The van der Waals surface area contributed by atoms with Gasteiger partial charge in [-0.15, -0.1) is 0 Å². The van der Waals surface area contributed by atoms with Crippen molar-refractivity contribution in [3.05, 3.63) is 40.7 Å². The molecule has 0 aliphatic rings. The van der Waals surface area contributed by atoms with Gasteiger partial charge in [0.15, 0.2) is 0 Å². The Morgan fingerprint density at radius 3 is 2.75 bits per heavy atom. The van der Waals surface area contributed by atoms with Crippen LogP contribution in [0, 0.1) is 5.82 Å². The van der Waals surface area contributed by atoms with Crippen LogP contribution in [-0.4, -0.2) is 24.2 Å². The number of hydrogen-bond donors (Lipinski definition) is 2. The van der Waals surface area contributed by atoms with Crippen LogP contribution < -0.4 is 5.32 Å². The minimum absolute atomic E-state index is 0.0384. The lowest BCUT2D eigenvalue weighted by Crippen LogP contribution is -2.21. The molecule has 0 aliphatic heterocycles. The minimum Gasteiger partial charge on any atom is -0.396 e. The molecule has 0 saturated carbocycles. The number of unbranched alkanes of at least 4 members (excludes halogenated alkanes) is 3. The average molecular weight is 300 g/mol. The zero-order chi connectivity index (χ0) is 14.8. The van der Waals surface area contributed by atoms with Crippen molar-refractivity contribution >= 4 is 23.6 Å². The topological polar surface area (TPSA) is 49.3 Å². The Bertz CT molecular complexity index is 463. The van der Waals surface area contributed by atoms with Crippen LogP contribution in [0.25, 0.3) is 6.08 Å². The van der Waals surface area contributed by atoms with Crippen molar-refractivity contribution in [2.24, 2.45) is 0 Å². The second kappa shape index (κ2) is 9.50. The summed E-state index contributed by atoms with van der Waals surface area (Å²) in [6, 6.07) is 4.29. The van der Waals surface area contributed by atoms with Crippen molar-refractivity contribution in [3.63, 3.8) is 0 Å². The zero-order valence-corrected chi connectivity index (χ0v) is 12.0. The molecule has 0 heterocycles. The molecule has 1 aromatic rings. The predicted molar refractivity (Wildman–Crippen MR) is 79.0 cm³/mol. The number of halogens is 2. The highest BCUT2D eigenvalue weighted by Gasteiger charge is 1.99. The molecule has 0 fully saturated rings. The molecule has 1 amide bonds. The second-order valence-corrected chi connectivity index (χ2v) is 4.84. The Morgan fingerprint density at radius 2 is 2.05 bits per heavy atom. The standard InChI is InChI=1S/C15H19ClFNO2/c16-13-11-12(5-7-14(13)17)6-8-15(20)18-9-3-1-2-4-10-19/h5-8,11,19H,1-4,9-10H2,(H,18,20)/b8-6+. The van der Waals surface area contributed by atoms with Crippen molar-refractivity contribution in [3.8, 4) is 0 Å². The SMILES string of the molecule is O=C(/C=C/c1ccc(F)c(Cl)c1)NCCCCCCO. The van der Waals surface area contributed by atoms with Crippen molar-refractivity contribution in [2.45, 2.75) is 25.7 Å². The fraction of sp³-hybridized carbons (Fsp3) is 0.400. The monoisotopic (exact) mass is 299 g/mol. The van der Waals surface area contributed by atoms with Gasteiger partial charge < -0.3 is 10.4 Å². The van der Waals surface area contributed by atoms with Crippen molar-refractivity contribution in [1.82, 2.24) is 5.32 Å². The van der Waals surface area contributed by atoms with E-state index in [4.69, 9.17) is 16.7 Å². The van der Waals surface area contributed by atoms with Gasteiger partial charge in [-0.1, -0.05) is 30.5 Å². The molecular formula is C15H19ClFNO2.